The van der Waals surface area contributed by atoms with Crippen molar-refractivity contribution in [3.63, 3.8) is 0 Å². The number of hydrogen-bond donors (Lipinski definition) is 0. The van der Waals surface area contributed by atoms with Crippen molar-refractivity contribution in [3.05, 3.63) is 29.3 Å². The van der Waals surface area contributed by atoms with Gasteiger partial charge in [-0.3, -0.25) is 4.79 Å². The number of carbonyl (C=O) groups excluding carboxylic acids is 1. The second-order valence-corrected chi connectivity index (χ2v) is 5.06. The molecule has 106 valence electrons. The third kappa shape index (κ3) is 4.40. The summed E-state index contributed by atoms with van der Waals surface area (Å²) in [4.78, 5) is 13.9. The molecule has 0 heterocycles. The minimum Gasteiger partial charge on any atom is -0.496 e. The highest BCUT2D eigenvalue weighted by atomic mass is 35.5. The van der Waals surface area contributed by atoms with Crippen molar-refractivity contribution < 1.29 is 14.3 Å². The third-order valence-electron chi connectivity index (χ3n) is 2.75. The van der Waals surface area contributed by atoms with E-state index in [9.17, 15) is 4.79 Å². The van der Waals surface area contributed by atoms with E-state index in [4.69, 9.17) is 21.1 Å². The van der Waals surface area contributed by atoms with Crippen molar-refractivity contribution in [2.24, 2.45) is 0 Å². The fourth-order valence-corrected chi connectivity index (χ4v) is 2.14. The fraction of sp³-hybridized carbons (Fsp3) is 0.500. The van der Waals surface area contributed by atoms with Crippen molar-refractivity contribution >= 4 is 17.5 Å². The number of nitrogens with zero attached hydrogens (tertiary/aromatic N) is 1. The van der Waals surface area contributed by atoms with E-state index >= 15 is 0 Å². The summed E-state index contributed by atoms with van der Waals surface area (Å²) in [5.74, 6) is 0.461. The molecule has 0 aliphatic rings. The molecule has 1 aromatic carbocycles. The van der Waals surface area contributed by atoms with E-state index in [0.717, 1.165) is 5.56 Å². The van der Waals surface area contributed by atoms with Gasteiger partial charge in [-0.25, -0.2) is 0 Å². The monoisotopic (exact) mass is 285 g/mol. The van der Waals surface area contributed by atoms with E-state index in [1.165, 1.54) is 0 Å². The molecule has 0 saturated heterocycles. The first kappa shape index (κ1) is 15.8. The first-order valence-electron chi connectivity index (χ1n) is 6.02. The van der Waals surface area contributed by atoms with Gasteiger partial charge in [-0.1, -0.05) is 11.6 Å². The molecule has 1 atom stereocenters. The maximum absolute atomic E-state index is 12.4. The first-order chi connectivity index (χ1) is 8.99. The molecule has 1 rings (SSSR count). The Kier molecular flexibility index (Phi) is 6.12. The van der Waals surface area contributed by atoms with Crippen molar-refractivity contribution in [3.8, 4) is 5.75 Å². The standard InChI is InChI=1S/C14H20ClNO3/c1-10-5-6-13(19-4)12(7-10)14(17)16(2)8-11(15)9-18-3/h5-7,11H,8-9H2,1-4H3. The molecule has 0 fully saturated rings. The van der Waals surface area contributed by atoms with E-state index in [1.54, 1.807) is 32.2 Å². The second-order valence-electron chi connectivity index (χ2n) is 4.44. The lowest BCUT2D eigenvalue weighted by Gasteiger charge is -2.21. The van der Waals surface area contributed by atoms with Crippen LogP contribution in [-0.4, -0.2) is 50.6 Å². The van der Waals surface area contributed by atoms with Crippen LogP contribution in [-0.2, 0) is 4.74 Å². The summed E-state index contributed by atoms with van der Waals surface area (Å²) in [7, 11) is 4.85. The number of alkyl halides is 1. The van der Waals surface area contributed by atoms with Gasteiger partial charge in [0.15, 0.2) is 0 Å². The van der Waals surface area contributed by atoms with Gasteiger partial charge < -0.3 is 14.4 Å². The second kappa shape index (κ2) is 7.36. The number of methoxy groups -OCH3 is 2. The van der Waals surface area contributed by atoms with Gasteiger partial charge in [0.1, 0.15) is 5.75 Å². The molecule has 0 aliphatic carbocycles. The Balaban J connectivity index is 2.84. The molecule has 0 radical (unpaired) electrons. The molecule has 4 nitrogen and oxygen atoms in total. The van der Waals surface area contributed by atoms with Crippen molar-refractivity contribution in [2.75, 3.05) is 34.4 Å². The molecule has 19 heavy (non-hydrogen) atoms. The molecule has 0 N–H and O–H groups in total. The molecule has 0 bridgehead atoms. The van der Waals surface area contributed by atoms with Crippen LogP contribution in [0.25, 0.3) is 0 Å². The zero-order valence-electron chi connectivity index (χ0n) is 11.8. The van der Waals surface area contributed by atoms with E-state index in [-0.39, 0.29) is 11.3 Å². The number of hydrogen-bond acceptors (Lipinski definition) is 3. The summed E-state index contributed by atoms with van der Waals surface area (Å²) in [6.07, 6.45) is 0. The Morgan fingerprint density at radius 1 is 1.42 bits per heavy atom. The topological polar surface area (TPSA) is 38.8 Å². The molecule has 0 saturated carbocycles. The van der Waals surface area contributed by atoms with Gasteiger partial charge in [-0.05, 0) is 19.1 Å². The Hall–Kier alpha value is -1.26. The van der Waals surface area contributed by atoms with Crippen molar-refractivity contribution in [1.29, 1.82) is 0 Å². The maximum atomic E-state index is 12.4. The lowest BCUT2D eigenvalue weighted by atomic mass is 10.1. The molecule has 0 aliphatic heterocycles. The highest BCUT2D eigenvalue weighted by molar-refractivity contribution is 6.21. The van der Waals surface area contributed by atoms with Crippen LogP contribution < -0.4 is 4.74 Å². The van der Waals surface area contributed by atoms with Crippen LogP contribution in [0.2, 0.25) is 0 Å². The SMILES string of the molecule is COCC(Cl)CN(C)C(=O)c1cc(C)ccc1OC. The van der Waals surface area contributed by atoms with Gasteiger partial charge in [0, 0.05) is 20.7 Å². The molecule has 1 aromatic rings. The summed E-state index contributed by atoms with van der Waals surface area (Å²) in [6.45, 7) is 2.76. The molecule has 0 spiro atoms. The maximum Gasteiger partial charge on any atom is 0.257 e. The Bertz CT molecular complexity index is 437. The summed E-state index contributed by atoms with van der Waals surface area (Å²) in [5, 5.41) is -0.227. The molecule has 1 amide bonds. The number of ether oxygens (including phenoxy) is 2. The summed E-state index contributed by atoms with van der Waals surface area (Å²) >= 11 is 6.06. The lowest BCUT2D eigenvalue weighted by Crippen LogP contribution is -2.34. The van der Waals surface area contributed by atoms with Gasteiger partial charge >= 0.3 is 0 Å². The highest BCUT2D eigenvalue weighted by Gasteiger charge is 2.19. The normalized spacial score (nSPS) is 12.1. The minimum atomic E-state index is -0.227. The number of rotatable bonds is 6. The van der Waals surface area contributed by atoms with Gasteiger partial charge in [0.05, 0.1) is 24.7 Å². The highest BCUT2D eigenvalue weighted by Crippen LogP contribution is 2.21. The Morgan fingerprint density at radius 2 is 2.11 bits per heavy atom. The number of carbonyl (C=O) groups is 1. The average molecular weight is 286 g/mol. The van der Waals surface area contributed by atoms with Crippen molar-refractivity contribution in [2.45, 2.75) is 12.3 Å². The quantitative estimate of drug-likeness (QED) is 0.753. The van der Waals surface area contributed by atoms with Crippen LogP contribution in [0.5, 0.6) is 5.75 Å². The predicted octanol–water partition coefficient (Wildman–Crippen LogP) is 2.33. The van der Waals surface area contributed by atoms with Gasteiger partial charge in [0.25, 0.3) is 5.91 Å². The van der Waals surface area contributed by atoms with E-state index in [0.29, 0.717) is 24.5 Å². The van der Waals surface area contributed by atoms with Crippen LogP contribution in [0.15, 0.2) is 18.2 Å². The third-order valence-corrected chi connectivity index (χ3v) is 3.02. The van der Waals surface area contributed by atoms with Crippen LogP contribution in [0.3, 0.4) is 0 Å². The fourth-order valence-electron chi connectivity index (χ4n) is 1.81. The number of aryl methyl sites for hydroxylation is 1. The molecular formula is C14H20ClNO3. The smallest absolute Gasteiger partial charge is 0.257 e. The van der Waals surface area contributed by atoms with E-state index < -0.39 is 0 Å². The van der Waals surface area contributed by atoms with Gasteiger partial charge in [-0.15, -0.1) is 11.6 Å². The molecular weight excluding hydrogens is 266 g/mol. The summed E-state index contributed by atoms with van der Waals surface area (Å²) < 4.78 is 10.2. The summed E-state index contributed by atoms with van der Waals surface area (Å²) in [6, 6.07) is 5.52. The first-order valence-corrected chi connectivity index (χ1v) is 6.46. The number of amides is 1. The zero-order valence-corrected chi connectivity index (χ0v) is 12.5. The largest absolute Gasteiger partial charge is 0.496 e. The Labute approximate surface area is 119 Å². The van der Waals surface area contributed by atoms with E-state index in [2.05, 4.69) is 0 Å². The number of halogens is 1. The van der Waals surface area contributed by atoms with E-state index in [1.807, 2.05) is 19.1 Å². The average Bonchev–Trinajstić information content (AvgIpc) is 2.37. The molecule has 1 unspecified atom stereocenters. The van der Waals surface area contributed by atoms with Gasteiger partial charge in [-0.2, -0.15) is 0 Å². The van der Waals surface area contributed by atoms with Crippen LogP contribution in [0.1, 0.15) is 15.9 Å². The summed E-state index contributed by atoms with van der Waals surface area (Å²) in [5.41, 5.74) is 1.56. The molecule has 5 heteroatoms. The van der Waals surface area contributed by atoms with Crippen LogP contribution in [0.4, 0.5) is 0 Å². The lowest BCUT2D eigenvalue weighted by molar-refractivity contribution is 0.0778. The zero-order chi connectivity index (χ0) is 14.4. The van der Waals surface area contributed by atoms with Crippen LogP contribution in [0, 0.1) is 6.92 Å². The Morgan fingerprint density at radius 3 is 2.68 bits per heavy atom. The van der Waals surface area contributed by atoms with Crippen LogP contribution >= 0.6 is 11.6 Å². The van der Waals surface area contributed by atoms with Crippen molar-refractivity contribution in [1.82, 2.24) is 4.90 Å². The predicted molar refractivity (Wildman–Crippen MR) is 76.2 cm³/mol. The van der Waals surface area contributed by atoms with Gasteiger partial charge in [0.2, 0.25) is 0 Å². The molecule has 0 aromatic heterocycles. The number of benzene rings is 1. The minimum absolute atomic E-state index is 0.109.